The highest BCUT2D eigenvalue weighted by Gasteiger charge is 2.29. The third kappa shape index (κ3) is 3.57. The lowest BCUT2D eigenvalue weighted by molar-refractivity contribution is -0.0491. The van der Waals surface area contributed by atoms with Crippen molar-refractivity contribution in [3.8, 4) is 5.75 Å². The third-order valence-corrected chi connectivity index (χ3v) is 7.80. The van der Waals surface area contributed by atoms with Gasteiger partial charge in [0.05, 0.1) is 6.10 Å². The molecule has 0 bridgehead atoms. The normalized spacial score (nSPS) is 19.8. The molecule has 1 heterocycles. The quantitative estimate of drug-likeness (QED) is 0.542. The minimum Gasteiger partial charge on any atom is -0.467 e. The largest absolute Gasteiger partial charge is 0.467 e. The summed E-state index contributed by atoms with van der Waals surface area (Å²) in [5.41, 5.74) is 0. The van der Waals surface area contributed by atoms with Crippen LogP contribution < -0.4 is 4.74 Å². The van der Waals surface area contributed by atoms with E-state index in [-0.39, 0.29) is 0 Å². The molecule has 0 radical (unpaired) electrons. The number of rotatable bonds is 5. The van der Waals surface area contributed by atoms with Gasteiger partial charge in [-0.25, -0.2) is 0 Å². The molecule has 2 aromatic carbocycles. The summed E-state index contributed by atoms with van der Waals surface area (Å²) in [4.78, 5) is 1.53. The van der Waals surface area contributed by atoms with E-state index in [1.54, 1.807) is 0 Å². The number of benzene rings is 2. The third-order valence-electron chi connectivity index (χ3n) is 5.26. The van der Waals surface area contributed by atoms with E-state index in [4.69, 9.17) is 9.47 Å². The molecule has 1 aliphatic heterocycles. The molecule has 0 atom stereocenters. The minimum atomic E-state index is 0.375. The lowest BCUT2D eigenvalue weighted by Crippen LogP contribution is -2.19. The molecule has 2 nitrogen and oxygen atoms in total. The Morgan fingerprint density at radius 2 is 1.58 bits per heavy atom. The molecule has 1 saturated heterocycles. The Labute approximate surface area is 147 Å². The fourth-order valence-corrected chi connectivity index (χ4v) is 6.42. The number of ether oxygens (including phenoxy) is 2. The summed E-state index contributed by atoms with van der Waals surface area (Å²) >= 11 is 0. The van der Waals surface area contributed by atoms with E-state index in [9.17, 15) is 0 Å². The fraction of sp³-hybridized carbons (Fsp3) is 0.524. The number of hydrogen-bond donors (Lipinski definition) is 0. The van der Waals surface area contributed by atoms with E-state index in [1.807, 2.05) is 0 Å². The van der Waals surface area contributed by atoms with Crippen LogP contribution in [0.25, 0.3) is 10.8 Å². The molecule has 0 N–H and O–H groups in total. The smallest absolute Gasteiger partial charge is 0.189 e. The summed E-state index contributed by atoms with van der Waals surface area (Å²) in [5.74, 6) is 3.68. The van der Waals surface area contributed by atoms with E-state index in [0.717, 1.165) is 5.75 Å². The molecular formula is C21H27O2S+. The SMILES string of the molecule is c1ccc2c([S+]3CCCC3)ccc(OCOC3CCCCC3)c2c1. The van der Waals surface area contributed by atoms with E-state index >= 15 is 0 Å². The van der Waals surface area contributed by atoms with Crippen LogP contribution in [0.2, 0.25) is 0 Å². The maximum Gasteiger partial charge on any atom is 0.189 e. The molecule has 0 spiro atoms. The predicted molar refractivity (Wildman–Crippen MR) is 102 cm³/mol. The zero-order chi connectivity index (χ0) is 16.2. The van der Waals surface area contributed by atoms with Gasteiger partial charge < -0.3 is 9.47 Å². The van der Waals surface area contributed by atoms with Gasteiger partial charge in [0.2, 0.25) is 0 Å². The first-order valence-corrected chi connectivity index (χ1v) is 10.9. The lowest BCUT2D eigenvalue weighted by Gasteiger charge is -2.22. The van der Waals surface area contributed by atoms with Crippen molar-refractivity contribution in [2.75, 3.05) is 18.3 Å². The second-order valence-corrected chi connectivity index (χ2v) is 9.15. The highest BCUT2D eigenvalue weighted by atomic mass is 32.2. The topological polar surface area (TPSA) is 18.5 Å². The molecule has 4 rings (SSSR count). The van der Waals surface area contributed by atoms with E-state index in [1.165, 1.54) is 72.1 Å². The molecule has 0 amide bonds. The molecular weight excluding hydrogens is 316 g/mol. The van der Waals surface area contributed by atoms with Crippen LogP contribution in [-0.4, -0.2) is 24.4 Å². The number of fused-ring (bicyclic) bond motifs is 1. The van der Waals surface area contributed by atoms with Crippen LogP contribution in [0, 0.1) is 0 Å². The Kier molecular flexibility index (Phi) is 5.29. The Bertz CT molecular complexity index is 673. The maximum atomic E-state index is 6.02. The summed E-state index contributed by atoms with van der Waals surface area (Å²) in [6.45, 7) is 0.375. The number of hydrogen-bond acceptors (Lipinski definition) is 2. The Balaban J connectivity index is 1.50. The first-order valence-electron chi connectivity index (χ1n) is 9.35. The van der Waals surface area contributed by atoms with Crippen LogP contribution in [0.1, 0.15) is 44.9 Å². The molecule has 1 aliphatic carbocycles. The maximum absolute atomic E-state index is 6.02. The van der Waals surface area contributed by atoms with Gasteiger partial charge in [-0.1, -0.05) is 37.5 Å². The zero-order valence-corrected chi connectivity index (χ0v) is 15.2. The minimum absolute atomic E-state index is 0.375. The monoisotopic (exact) mass is 343 g/mol. The van der Waals surface area contributed by atoms with Crippen molar-refractivity contribution >= 4 is 21.7 Å². The van der Waals surface area contributed by atoms with Crippen LogP contribution in [0.3, 0.4) is 0 Å². The van der Waals surface area contributed by atoms with Gasteiger partial charge in [-0.3, -0.25) is 0 Å². The molecule has 0 aromatic heterocycles. The predicted octanol–water partition coefficient (Wildman–Crippen LogP) is 5.30. The summed E-state index contributed by atoms with van der Waals surface area (Å²) in [5, 5.41) is 2.61. The van der Waals surface area contributed by atoms with E-state index < -0.39 is 0 Å². The van der Waals surface area contributed by atoms with E-state index in [2.05, 4.69) is 36.4 Å². The van der Waals surface area contributed by atoms with Crippen LogP contribution >= 0.6 is 0 Å². The van der Waals surface area contributed by atoms with Gasteiger partial charge in [0, 0.05) is 21.7 Å². The van der Waals surface area contributed by atoms with Crippen molar-refractivity contribution in [1.82, 2.24) is 0 Å². The van der Waals surface area contributed by atoms with Gasteiger partial charge in [0.25, 0.3) is 0 Å². The van der Waals surface area contributed by atoms with Crippen molar-refractivity contribution < 1.29 is 9.47 Å². The molecule has 24 heavy (non-hydrogen) atoms. The molecule has 2 aromatic rings. The molecule has 1 saturated carbocycles. The van der Waals surface area contributed by atoms with Crippen LogP contribution in [0.4, 0.5) is 0 Å². The molecule has 2 aliphatic rings. The van der Waals surface area contributed by atoms with Crippen molar-refractivity contribution in [3.63, 3.8) is 0 Å². The summed E-state index contributed by atoms with van der Waals surface area (Å²) in [6, 6.07) is 13.2. The van der Waals surface area contributed by atoms with E-state index in [0.29, 0.717) is 23.8 Å². The van der Waals surface area contributed by atoms with Crippen LogP contribution in [0.5, 0.6) is 5.75 Å². The summed E-state index contributed by atoms with van der Waals surface area (Å²) in [6.07, 6.45) is 9.47. The average Bonchev–Trinajstić information content (AvgIpc) is 3.17. The molecule has 0 unspecified atom stereocenters. The van der Waals surface area contributed by atoms with Crippen molar-refractivity contribution in [1.29, 1.82) is 0 Å². The fourth-order valence-electron chi connectivity index (χ4n) is 3.92. The van der Waals surface area contributed by atoms with Crippen molar-refractivity contribution in [3.05, 3.63) is 36.4 Å². The first kappa shape index (κ1) is 16.3. The highest BCUT2D eigenvalue weighted by Crippen LogP contribution is 2.34. The summed E-state index contributed by atoms with van der Waals surface area (Å²) in [7, 11) is 0.430. The van der Waals surface area contributed by atoms with Crippen molar-refractivity contribution in [2.24, 2.45) is 0 Å². The molecule has 128 valence electrons. The van der Waals surface area contributed by atoms with Gasteiger partial charge in [0.15, 0.2) is 11.7 Å². The first-order chi connectivity index (χ1) is 11.9. The second kappa shape index (κ2) is 7.79. The Morgan fingerprint density at radius 3 is 2.38 bits per heavy atom. The Hall–Kier alpha value is -1.19. The second-order valence-electron chi connectivity index (χ2n) is 6.90. The summed E-state index contributed by atoms with van der Waals surface area (Å²) < 4.78 is 12.0. The molecule has 2 fully saturated rings. The zero-order valence-electron chi connectivity index (χ0n) is 14.3. The van der Waals surface area contributed by atoms with Gasteiger partial charge in [-0.15, -0.1) is 0 Å². The highest BCUT2D eigenvalue weighted by molar-refractivity contribution is 7.97. The van der Waals surface area contributed by atoms with Gasteiger partial charge >= 0.3 is 0 Å². The average molecular weight is 344 g/mol. The van der Waals surface area contributed by atoms with Gasteiger partial charge in [-0.05, 0) is 43.9 Å². The standard InChI is InChI=1S/C21H27O2S/c1-2-8-17(9-3-1)22-16-23-20-12-13-21(24-14-6-7-15-24)19-11-5-4-10-18(19)20/h4-5,10-13,17H,1-3,6-9,14-16H2/q+1. The lowest BCUT2D eigenvalue weighted by atomic mass is 9.98. The molecule has 3 heteroatoms. The van der Waals surface area contributed by atoms with Crippen molar-refractivity contribution in [2.45, 2.75) is 55.9 Å². The Morgan fingerprint density at radius 1 is 0.833 bits per heavy atom. The van der Waals surface area contributed by atoms with Gasteiger partial charge in [0.1, 0.15) is 17.3 Å². The van der Waals surface area contributed by atoms with Gasteiger partial charge in [-0.2, -0.15) is 0 Å². The van der Waals surface area contributed by atoms with Crippen LogP contribution in [0.15, 0.2) is 41.3 Å². The van der Waals surface area contributed by atoms with Crippen LogP contribution in [-0.2, 0) is 15.6 Å².